The molecule has 1 N–H and O–H groups in total. The second-order valence-electron chi connectivity index (χ2n) is 5.75. The minimum Gasteiger partial charge on any atom is -0.384 e. The van der Waals surface area contributed by atoms with Gasteiger partial charge in [0.15, 0.2) is 0 Å². The van der Waals surface area contributed by atoms with Crippen LogP contribution in [0.5, 0.6) is 0 Å². The van der Waals surface area contributed by atoms with Gasteiger partial charge in [-0.15, -0.1) is 0 Å². The van der Waals surface area contributed by atoms with Crippen molar-refractivity contribution in [3.8, 4) is 0 Å². The summed E-state index contributed by atoms with van der Waals surface area (Å²) in [6, 6.07) is 11.4. The van der Waals surface area contributed by atoms with Crippen molar-refractivity contribution in [2.75, 3.05) is 16.8 Å². The Bertz CT molecular complexity index is 609. The molecule has 0 fully saturated rings. The van der Waals surface area contributed by atoms with Crippen molar-refractivity contribution in [1.82, 2.24) is 4.98 Å². The summed E-state index contributed by atoms with van der Waals surface area (Å²) in [6.45, 7) is 5.45. The first-order valence-electron chi connectivity index (χ1n) is 7.85. The van der Waals surface area contributed by atoms with Gasteiger partial charge in [-0.05, 0) is 43.9 Å². The van der Waals surface area contributed by atoms with Gasteiger partial charge in [0.25, 0.3) is 0 Å². The van der Waals surface area contributed by atoms with Gasteiger partial charge >= 0.3 is 0 Å². The van der Waals surface area contributed by atoms with Gasteiger partial charge in [-0.2, -0.15) is 0 Å². The van der Waals surface area contributed by atoms with Crippen LogP contribution in [0.3, 0.4) is 0 Å². The molecule has 1 aliphatic heterocycles. The highest BCUT2D eigenvalue weighted by atomic mass is 15.2. The van der Waals surface area contributed by atoms with Crippen LogP contribution in [0.15, 0.2) is 42.7 Å². The second kappa shape index (κ2) is 6.17. The van der Waals surface area contributed by atoms with Crippen molar-refractivity contribution in [3.05, 3.63) is 48.3 Å². The van der Waals surface area contributed by atoms with Crippen molar-refractivity contribution in [2.24, 2.45) is 0 Å². The molecule has 1 atom stereocenters. The summed E-state index contributed by atoms with van der Waals surface area (Å²) in [7, 11) is 0. The Morgan fingerprint density at radius 1 is 1.29 bits per heavy atom. The van der Waals surface area contributed by atoms with Gasteiger partial charge in [0, 0.05) is 18.3 Å². The summed E-state index contributed by atoms with van der Waals surface area (Å²) in [5.41, 5.74) is 5.04. The normalized spacial score (nSPS) is 17.4. The SMILES string of the molecule is CCCNc1cncc(N2c3ccccc3CCC2C)c1. The molecule has 1 aromatic heterocycles. The maximum absolute atomic E-state index is 4.42. The summed E-state index contributed by atoms with van der Waals surface area (Å²) in [4.78, 5) is 6.84. The molecule has 0 spiro atoms. The Balaban J connectivity index is 1.95. The monoisotopic (exact) mass is 281 g/mol. The maximum Gasteiger partial charge on any atom is 0.0620 e. The van der Waals surface area contributed by atoms with Crippen molar-refractivity contribution in [2.45, 2.75) is 39.2 Å². The molecule has 1 unspecified atom stereocenters. The fraction of sp³-hybridized carbons (Fsp3) is 0.389. The van der Waals surface area contributed by atoms with E-state index in [1.54, 1.807) is 0 Å². The van der Waals surface area contributed by atoms with E-state index in [0.717, 1.165) is 25.1 Å². The molecule has 2 aromatic rings. The average molecular weight is 281 g/mol. The van der Waals surface area contributed by atoms with E-state index in [4.69, 9.17) is 0 Å². The van der Waals surface area contributed by atoms with E-state index < -0.39 is 0 Å². The van der Waals surface area contributed by atoms with Gasteiger partial charge in [-0.1, -0.05) is 25.1 Å². The number of para-hydroxylation sites is 1. The third-order valence-electron chi connectivity index (χ3n) is 4.10. The summed E-state index contributed by atoms with van der Waals surface area (Å²) < 4.78 is 0. The fourth-order valence-corrected chi connectivity index (χ4v) is 3.01. The molecule has 21 heavy (non-hydrogen) atoms. The molecule has 0 amide bonds. The number of pyridine rings is 1. The number of nitrogens with one attached hydrogen (secondary N) is 1. The third kappa shape index (κ3) is 2.87. The quantitative estimate of drug-likeness (QED) is 0.901. The second-order valence-corrected chi connectivity index (χ2v) is 5.75. The van der Waals surface area contributed by atoms with Crippen molar-refractivity contribution in [1.29, 1.82) is 0 Å². The molecule has 3 nitrogen and oxygen atoms in total. The Labute approximate surface area is 127 Å². The zero-order valence-corrected chi connectivity index (χ0v) is 12.8. The lowest BCUT2D eigenvalue weighted by molar-refractivity contribution is 0.617. The smallest absolute Gasteiger partial charge is 0.0620 e. The van der Waals surface area contributed by atoms with Crippen LogP contribution in [0, 0.1) is 0 Å². The lowest BCUT2D eigenvalue weighted by atomic mass is 9.96. The Kier molecular flexibility index (Phi) is 4.09. The molecule has 3 heteroatoms. The van der Waals surface area contributed by atoms with Gasteiger partial charge in [0.1, 0.15) is 0 Å². The standard InChI is InChI=1S/C18H23N3/c1-3-10-20-16-11-17(13-19-12-16)21-14(2)8-9-15-6-4-5-7-18(15)21/h4-7,11-14,20H,3,8-10H2,1-2H3. The Hall–Kier alpha value is -2.03. The van der Waals surface area contributed by atoms with E-state index in [1.807, 2.05) is 12.4 Å². The van der Waals surface area contributed by atoms with Gasteiger partial charge in [0.05, 0.1) is 23.8 Å². The van der Waals surface area contributed by atoms with E-state index in [1.165, 1.54) is 23.4 Å². The summed E-state index contributed by atoms with van der Waals surface area (Å²) in [5.74, 6) is 0. The number of nitrogens with zero attached hydrogens (tertiary/aromatic N) is 2. The molecule has 0 saturated carbocycles. The van der Waals surface area contributed by atoms with E-state index >= 15 is 0 Å². The predicted molar refractivity (Wildman–Crippen MR) is 89.4 cm³/mol. The molecule has 0 saturated heterocycles. The first-order valence-corrected chi connectivity index (χ1v) is 7.85. The first kappa shape index (κ1) is 13.9. The highest BCUT2D eigenvalue weighted by Crippen LogP contribution is 2.36. The minimum atomic E-state index is 0.503. The zero-order chi connectivity index (χ0) is 14.7. The molecule has 1 aliphatic rings. The van der Waals surface area contributed by atoms with Crippen LogP contribution >= 0.6 is 0 Å². The lowest BCUT2D eigenvalue weighted by Crippen LogP contribution is -2.33. The van der Waals surface area contributed by atoms with Gasteiger partial charge in [-0.3, -0.25) is 4.98 Å². The number of fused-ring (bicyclic) bond motifs is 1. The molecule has 0 bridgehead atoms. The highest BCUT2D eigenvalue weighted by molar-refractivity contribution is 5.70. The predicted octanol–water partition coefficient (Wildman–Crippen LogP) is 4.38. The summed E-state index contributed by atoms with van der Waals surface area (Å²) in [5, 5.41) is 3.42. The molecule has 110 valence electrons. The van der Waals surface area contributed by atoms with Crippen LogP contribution in [0.1, 0.15) is 32.3 Å². The van der Waals surface area contributed by atoms with Gasteiger partial charge in [-0.25, -0.2) is 0 Å². The van der Waals surface area contributed by atoms with Crippen LogP contribution < -0.4 is 10.2 Å². The van der Waals surface area contributed by atoms with Crippen molar-refractivity contribution >= 4 is 17.1 Å². The highest BCUT2D eigenvalue weighted by Gasteiger charge is 2.24. The molecule has 0 radical (unpaired) electrons. The number of benzene rings is 1. The largest absolute Gasteiger partial charge is 0.384 e. The van der Waals surface area contributed by atoms with Crippen molar-refractivity contribution < 1.29 is 0 Å². The number of hydrogen-bond donors (Lipinski definition) is 1. The molecule has 1 aromatic carbocycles. The van der Waals surface area contributed by atoms with Crippen LogP contribution in [0.4, 0.5) is 17.1 Å². The number of aryl methyl sites for hydroxylation is 1. The topological polar surface area (TPSA) is 28.2 Å². The lowest BCUT2D eigenvalue weighted by Gasteiger charge is -2.37. The molecule has 2 heterocycles. The minimum absolute atomic E-state index is 0.503. The van der Waals surface area contributed by atoms with E-state index in [-0.39, 0.29) is 0 Å². The number of anilines is 3. The van der Waals surface area contributed by atoms with Crippen molar-refractivity contribution in [3.63, 3.8) is 0 Å². The van der Waals surface area contributed by atoms with Crippen LogP contribution in [-0.2, 0) is 6.42 Å². The van der Waals surface area contributed by atoms with E-state index in [2.05, 4.69) is 59.4 Å². The molecular weight excluding hydrogens is 258 g/mol. The summed E-state index contributed by atoms with van der Waals surface area (Å²) in [6.07, 6.45) is 7.33. The summed E-state index contributed by atoms with van der Waals surface area (Å²) >= 11 is 0. The van der Waals surface area contributed by atoms with Crippen LogP contribution in [-0.4, -0.2) is 17.6 Å². The zero-order valence-electron chi connectivity index (χ0n) is 12.8. The number of rotatable bonds is 4. The third-order valence-corrected chi connectivity index (χ3v) is 4.10. The maximum atomic E-state index is 4.42. The van der Waals surface area contributed by atoms with E-state index in [0.29, 0.717) is 6.04 Å². The average Bonchev–Trinajstić information content (AvgIpc) is 2.53. The molecule has 0 aliphatic carbocycles. The molecule has 3 rings (SSSR count). The number of aromatic nitrogens is 1. The Morgan fingerprint density at radius 2 is 2.14 bits per heavy atom. The van der Waals surface area contributed by atoms with Gasteiger partial charge in [0.2, 0.25) is 0 Å². The molecular formula is C18H23N3. The van der Waals surface area contributed by atoms with Crippen LogP contribution in [0.25, 0.3) is 0 Å². The fourth-order valence-electron chi connectivity index (χ4n) is 3.01. The van der Waals surface area contributed by atoms with Gasteiger partial charge < -0.3 is 10.2 Å². The van der Waals surface area contributed by atoms with E-state index in [9.17, 15) is 0 Å². The van der Waals surface area contributed by atoms with Crippen LogP contribution in [0.2, 0.25) is 0 Å². The first-order chi connectivity index (χ1) is 10.3. The Morgan fingerprint density at radius 3 is 3.00 bits per heavy atom. The number of hydrogen-bond acceptors (Lipinski definition) is 3.